The zero-order valence-electron chi connectivity index (χ0n) is 13.6. The Kier molecular flexibility index (Phi) is 7.60. The number of nitrogens with zero attached hydrogens (tertiary/aromatic N) is 1. The van der Waals surface area contributed by atoms with Crippen LogP contribution in [0.15, 0.2) is 18.2 Å². The summed E-state index contributed by atoms with van der Waals surface area (Å²) in [7, 11) is 1.67. The van der Waals surface area contributed by atoms with Crippen LogP contribution in [-0.2, 0) is 9.53 Å². The summed E-state index contributed by atoms with van der Waals surface area (Å²) < 4.78 is 4.99. The molecule has 122 valence electrons. The third-order valence-corrected chi connectivity index (χ3v) is 3.59. The van der Waals surface area contributed by atoms with Crippen LogP contribution in [0.3, 0.4) is 0 Å². The van der Waals surface area contributed by atoms with Crippen LogP contribution in [-0.4, -0.2) is 37.2 Å². The molecule has 0 aliphatic rings. The Bertz CT molecular complexity index is 513. The fourth-order valence-corrected chi connectivity index (χ4v) is 2.41. The summed E-state index contributed by atoms with van der Waals surface area (Å²) in [4.78, 5) is 25.1. The smallest absolute Gasteiger partial charge is 0.335 e. The molecule has 0 aliphatic carbocycles. The summed E-state index contributed by atoms with van der Waals surface area (Å²) in [6.07, 6.45) is 3.26. The first-order chi connectivity index (χ1) is 10.5. The minimum Gasteiger partial charge on any atom is -0.478 e. The van der Waals surface area contributed by atoms with Gasteiger partial charge in [0.05, 0.1) is 5.56 Å². The van der Waals surface area contributed by atoms with E-state index >= 15 is 0 Å². The average molecular weight is 307 g/mol. The maximum absolute atomic E-state index is 12.4. The van der Waals surface area contributed by atoms with E-state index in [0.29, 0.717) is 13.0 Å². The van der Waals surface area contributed by atoms with Gasteiger partial charge in [-0.05, 0) is 50.5 Å². The van der Waals surface area contributed by atoms with Crippen molar-refractivity contribution in [2.75, 3.05) is 25.2 Å². The number of carboxylic acid groups (broad SMARTS) is 1. The molecule has 1 rings (SSSR count). The molecule has 1 amide bonds. The number of hydrogen-bond acceptors (Lipinski definition) is 3. The van der Waals surface area contributed by atoms with Crippen molar-refractivity contribution in [1.82, 2.24) is 0 Å². The highest BCUT2D eigenvalue weighted by Crippen LogP contribution is 2.22. The lowest BCUT2D eigenvalue weighted by molar-refractivity contribution is -0.118. The summed E-state index contributed by atoms with van der Waals surface area (Å²) >= 11 is 0. The minimum absolute atomic E-state index is 0.0751. The van der Waals surface area contributed by atoms with Gasteiger partial charge in [-0.3, -0.25) is 4.79 Å². The first-order valence-corrected chi connectivity index (χ1v) is 7.64. The molecule has 0 saturated heterocycles. The van der Waals surface area contributed by atoms with Gasteiger partial charge in [-0.15, -0.1) is 0 Å². The Labute approximate surface area is 131 Å². The molecule has 5 heteroatoms. The highest BCUT2D eigenvalue weighted by Gasteiger charge is 2.16. The van der Waals surface area contributed by atoms with Crippen molar-refractivity contribution < 1.29 is 19.4 Å². The normalized spacial score (nSPS) is 10.5. The van der Waals surface area contributed by atoms with Crippen LogP contribution < -0.4 is 4.90 Å². The monoisotopic (exact) mass is 307 g/mol. The van der Waals surface area contributed by atoms with Crippen LogP contribution in [0.4, 0.5) is 5.69 Å². The molecule has 0 atom stereocenters. The number of benzene rings is 1. The van der Waals surface area contributed by atoms with Gasteiger partial charge in [0.1, 0.15) is 0 Å². The number of ether oxygens (including phenoxy) is 1. The number of hydrogen-bond donors (Lipinski definition) is 1. The van der Waals surface area contributed by atoms with Gasteiger partial charge in [-0.2, -0.15) is 0 Å². The number of carbonyl (C=O) groups is 2. The van der Waals surface area contributed by atoms with E-state index in [2.05, 4.69) is 0 Å². The lowest BCUT2D eigenvalue weighted by Crippen LogP contribution is -2.31. The van der Waals surface area contributed by atoms with Crippen LogP contribution in [0.25, 0.3) is 0 Å². The number of rotatable bonds is 9. The van der Waals surface area contributed by atoms with E-state index in [4.69, 9.17) is 9.84 Å². The Balaban J connectivity index is 2.70. The largest absolute Gasteiger partial charge is 0.478 e. The van der Waals surface area contributed by atoms with Crippen molar-refractivity contribution in [3.05, 3.63) is 29.3 Å². The second-order valence-electron chi connectivity index (χ2n) is 5.25. The number of methoxy groups -OCH3 is 1. The molecule has 1 aromatic carbocycles. The number of amides is 1. The molecule has 0 saturated carbocycles. The SMILES string of the molecule is CCN(C(=O)CCCCCOC)c1ccc(C(=O)O)cc1C. The molecule has 0 heterocycles. The predicted octanol–water partition coefficient (Wildman–Crippen LogP) is 3.25. The predicted molar refractivity (Wildman–Crippen MR) is 86.5 cm³/mol. The Hall–Kier alpha value is -1.88. The molecule has 0 spiro atoms. The number of carboxylic acids is 1. The lowest BCUT2D eigenvalue weighted by Gasteiger charge is -2.23. The molecule has 0 radical (unpaired) electrons. The molecule has 1 N–H and O–H groups in total. The van der Waals surface area contributed by atoms with E-state index in [-0.39, 0.29) is 11.5 Å². The standard InChI is InChI=1S/C17H25NO4/c1-4-18(16(19)8-6-5-7-11-22-3)15-10-9-14(17(20)21)12-13(15)2/h9-10,12H,4-8,11H2,1-3H3,(H,20,21). The second kappa shape index (κ2) is 9.20. The van der Waals surface area contributed by atoms with Crippen molar-refractivity contribution in [1.29, 1.82) is 0 Å². The Morgan fingerprint density at radius 2 is 1.95 bits per heavy atom. The third-order valence-electron chi connectivity index (χ3n) is 3.59. The summed E-state index contributed by atoms with van der Waals surface area (Å²) in [5.74, 6) is -0.881. The van der Waals surface area contributed by atoms with E-state index in [1.54, 1.807) is 30.2 Å². The minimum atomic E-state index is -0.956. The number of aromatic carboxylic acids is 1. The molecule has 0 bridgehead atoms. The van der Waals surface area contributed by atoms with Crippen molar-refractivity contribution in [3.8, 4) is 0 Å². The van der Waals surface area contributed by atoms with Crippen molar-refractivity contribution >= 4 is 17.6 Å². The summed E-state index contributed by atoms with van der Waals surface area (Å²) in [6, 6.07) is 4.86. The van der Waals surface area contributed by atoms with Crippen LogP contribution in [0.1, 0.15) is 48.5 Å². The van der Waals surface area contributed by atoms with Crippen molar-refractivity contribution in [2.45, 2.75) is 39.5 Å². The zero-order chi connectivity index (χ0) is 16.5. The molecule has 0 unspecified atom stereocenters. The average Bonchev–Trinajstić information content (AvgIpc) is 2.49. The van der Waals surface area contributed by atoms with Gasteiger partial charge in [-0.25, -0.2) is 4.79 Å². The number of carbonyl (C=O) groups excluding carboxylic acids is 1. The van der Waals surface area contributed by atoms with Crippen LogP contribution in [0.5, 0.6) is 0 Å². The molecular formula is C17H25NO4. The van der Waals surface area contributed by atoms with E-state index in [1.807, 2.05) is 13.8 Å². The molecule has 0 aliphatic heterocycles. The van der Waals surface area contributed by atoms with Gasteiger partial charge >= 0.3 is 5.97 Å². The Morgan fingerprint density at radius 1 is 1.23 bits per heavy atom. The van der Waals surface area contributed by atoms with E-state index in [0.717, 1.165) is 37.1 Å². The van der Waals surface area contributed by atoms with Crippen molar-refractivity contribution in [3.63, 3.8) is 0 Å². The first kappa shape index (κ1) is 18.2. The van der Waals surface area contributed by atoms with Crippen LogP contribution >= 0.6 is 0 Å². The van der Waals surface area contributed by atoms with Gasteiger partial charge < -0.3 is 14.7 Å². The van der Waals surface area contributed by atoms with Gasteiger partial charge in [0.15, 0.2) is 0 Å². The number of anilines is 1. The molecule has 0 aromatic heterocycles. The lowest BCUT2D eigenvalue weighted by atomic mass is 10.1. The van der Waals surface area contributed by atoms with Gasteiger partial charge in [0, 0.05) is 32.4 Å². The molecular weight excluding hydrogens is 282 g/mol. The maximum atomic E-state index is 12.4. The van der Waals surface area contributed by atoms with E-state index in [1.165, 1.54) is 0 Å². The first-order valence-electron chi connectivity index (χ1n) is 7.64. The summed E-state index contributed by atoms with van der Waals surface area (Å²) in [5, 5.41) is 9.00. The van der Waals surface area contributed by atoms with Crippen molar-refractivity contribution in [2.24, 2.45) is 0 Å². The van der Waals surface area contributed by atoms with Gasteiger partial charge in [-0.1, -0.05) is 6.42 Å². The van der Waals surface area contributed by atoms with Crippen LogP contribution in [0.2, 0.25) is 0 Å². The zero-order valence-corrected chi connectivity index (χ0v) is 13.6. The Morgan fingerprint density at radius 3 is 2.50 bits per heavy atom. The van der Waals surface area contributed by atoms with Gasteiger partial charge in [0.2, 0.25) is 5.91 Å². The second-order valence-corrected chi connectivity index (χ2v) is 5.25. The molecule has 22 heavy (non-hydrogen) atoms. The van der Waals surface area contributed by atoms with E-state index < -0.39 is 5.97 Å². The molecule has 0 fully saturated rings. The third kappa shape index (κ3) is 5.15. The fraction of sp³-hybridized carbons (Fsp3) is 0.529. The topological polar surface area (TPSA) is 66.8 Å². The molecule has 5 nitrogen and oxygen atoms in total. The molecule has 1 aromatic rings. The van der Waals surface area contributed by atoms with Gasteiger partial charge in [0.25, 0.3) is 0 Å². The number of aryl methyl sites for hydroxylation is 1. The highest BCUT2D eigenvalue weighted by molar-refractivity contribution is 5.95. The quantitative estimate of drug-likeness (QED) is 0.711. The van der Waals surface area contributed by atoms with E-state index in [9.17, 15) is 9.59 Å². The van der Waals surface area contributed by atoms with Crippen LogP contribution in [0, 0.1) is 6.92 Å². The maximum Gasteiger partial charge on any atom is 0.335 e. The summed E-state index contributed by atoms with van der Waals surface area (Å²) in [5.41, 5.74) is 1.83. The number of unbranched alkanes of at least 4 members (excludes halogenated alkanes) is 2. The highest BCUT2D eigenvalue weighted by atomic mass is 16.5. The summed E-state index contributed by atoms with van der Waals surface area (Å²) in [6.45, 7) is 5.05. The fourth-order valence-electron chi connectivity index (χ4n) is 2.41.